The van der Waals surface area contributed by atoms with Crippen molar-refractivity contribution in [2.45, 2.75) is 32.6 Å². The van der Waals surface area contributed by atoms with Gasteiger partial charge >= 0.3 is 12.0 Å². The maximum Gasteiger partial charge on any atom is 0.319 e. The molecule has 0 spiro atoms. The van der Waals surface area contributed by atoms with Crippen molar-refractivity contribution < 1.29 is 14.7 Å². The summed E-state index contributed by atoms with van der Waals surface area (Å²) in [6, 6.07) is 7.32. The van der Waals surface area contributed by atoms with E-state index in [-0.39, 0.29) is 12.6 Å². The number of carboxylic acids is 1. The van der Waals surface area contributed by atoms with E-state index in [0.717, 1.165) is 12.8 Å². The third kappa shape index (κ3) is 3.50. The summed E-state index contributed by atoms with van der Waals surface area (Å²) >= 11 is 0. The Bertz CT molecular complexity index is 492. The van der Waals surface area contributed by atoms with Gasteiger partial charge in [0.15, 0.2) is 0 Å². The maximum absolute atomic E-state index is 11.7. The van der Waals surface area contributed by atoms with Crippen LogP contribution in [-0.2, 0) is 11.2 Å². The molecule has 1 aliphatic carbocycles. The SMILES string of the molecule is CCCc1ccc(NC(=O)NCC2(C(=O)O)CC2)cc1. The number of hydrogen-bond donors (Lipinski definition) is 3. The summed E-state index contributed by atoms with van der Waals surface area (Å²) in [5, 5.41) is 14.3. The molecule has 0 radical (unpaired) electrons. The van der Waals surface area contributed by atoms with Crippen molar-refractivity contribution in [1.29, 1.82) is 0 Å². The number of urea groups is 1. The Morgan fingerprint density at radius 3 is 2.40 bits per heavy atom. The molecule has 0 bridgehead atoms. The fourth-order valence-corrected chi connectivity index (χ4v) is 2.09. The van der Waals surface area contributed by atoms with E-state index in [1.165, 1.54) is 5.56 Å². The number of amides is 2. The molecular formula is C15H20N2O3. The Hall–Kier alpha value is -2.04. The van der Waals surface area contributed by atoms with Crippen molar-refractivity contribution in [1.82, 2.24) is 5.32 Å². The van der Waals surface area contributed by atoms with Crippen molar-refractivity contribution in [3.63, 3.8) is 0 Å². The predicted molar refractivity (Wildman–Crippen MR) is 76.8 cm³/mol. The molecule has 0 aliphatic heterocycles. The zero-order chi connectivity index (χ0) is 14.6. The maximum atomic E-state index is 11.7. The molecule has 1 fully saturated rings. The zero-order valence-corrected chi connectivity index (χ0v) is 11.6. The molecule has 108 valence electrons. The molecule has 2 amide bonds. The van der Waals surface area contributed by atoms with Gasteiger partial charge in [-0.3, -0.25) is 4.79 Å². The van der Waals surface area contributed by atoms with Gasteiger partial charge in [-0.05, 0) is 37.0 Å². The number of nitrogens with one attached hydrogen (secondary N) is 2. The van der Waals surface area contributed by atoms with Crippen LogP contribution in [0.15, 0.2) is 24.3 Å². The number of carboxylic acid groups (broad SMARTS) is 1. The molecule has 0 atom stereocenters. The van der Waals surface area contributed by atoms with Crippen LogP contribution in [0.3, 0.4) is 0 Å². The Morgan fingerprint density at radius 2 is 1.90 bits per heavy atom. The Labute approximate surface area is 118 Å². The number of hydrogen-bond acceptors (Lipinski definition) is 2. The molecule has 2 rings (SSSR count). The number of rotatable bonds is 6. The fourth-order valence-electron chi connectivity index (χ4n) is 2.09. The third-order valence-corrected chi connectivity index (χ3v) is 3.65. The van der Waals surface area contributed by atoms with Gasteiger partial charge in [0, 0.05) is 12.2 Å². The van der Waals surface area contributed by atoms with Crippen LogP contribution in [0.25, 0.3) is 0 Å². The molecule has 0 unspecified atom stereocenters. The molecule has 1 aliphatic rings. The monoisotopic (exact) mass is 276 g/mol. The van der Waals surface area contributed by atoms with Gasteiger partial charge in [-0.25, -0.2) is 4.79 Å². The zero-order valence-electron chi connectivity index (χ0n) is 11.6. The highest BCUT2D eigenvalue weighted by Gasteiger charge is 2.50. The lowest BCUT2D eigenvalue weighted by Gasteiger charge is -2.12. The first-order valence-electron chi connectivity index (χ1n) is 6.93. The molecule has 5 heteroatoms. The lowest BCUT2D eigenvalue weighted by atomic mass is 10.1. The van der Waals surface area contributed by atoms with E-state index in [9.17, 15) is 9.59 Å². The number of anilines is 1. The van der Waals surface area contributed by atoms with E-state index in [1.54, 1.807) is 0 Å². The molecule has 1 aromatic carbocycles. The summed E-state index contributed by atoms with van der Waals surface area (Å²) in [5.74, 6) is -0.832. The number of carbonyl (C=O) groups excluding carboxylic acids is 1. The highest BCUT2D eigenvalue weighted by Crippen LogP contribution is 2.45. The van der Waals surface area contributed by atoms with Crippen LogP contribution in [0.1, 0.15) is 31.7 Å². The second kappa shape index (κ2) is 5.94. The minimum absolute atomic E-state index is 0.183. The number of carbonyl (C=O) groups is 2. The summed E-state index contributed by atoms with van der Waals surface area (Å²) in [4.78, 5) is 22.7. The fraction of sp³-hybridized carbons (Fsp3) is 0.467. The molecule has 20 heavy (non-hydrogen) atoms. The van der Waals surface area contributed by atoms with Crippen molar-refractivity contribution in [3.05, 3.63) is 29.8 Å². The van der Waals surface area contributed by atoms with Crippen LogP contribution in [0, 0.1) is 5.41 Å². The Morgan fingerprint density at radius 1 is 1.25 bits per heavy atom. The topological polar surface area (TPSA) is 78.4 Å². The van der Waals surface area contributed by atoms with Gasteiger partial charge in [0.1, 0.15) is 0 Å². The highest BCUT2D eigenvalue weighted by atomic mass is 16.4. The van der Waals surface area contributed by atoms with Gasteiger partial charge in [0.25, 0.3) is 0 Å². The summed E-state index contributed by atoms with van der Waals surface area (Å²) in [5.41, 5.74) is 1.21. The Balaban J connectivity index is 1.81. The van der Waals surface area contributed by atoms with Gasteiger partial charge in [0.2, 0.25) is 0 Å². The first kappa shape index (κ1) is 14.4. The molecule has 0 saturated heterocycles. The van der Waals surface area contributed by atoms with Crippen LogP contribution in [0.5, 0.6) is 0 Å². The van der Waals surface area contributed by atoms with Crippen molar-refractivity contribution in [3.8, 4) is 0 Å². The first-order valence-corrected chi connectivity index (χ1v) is 6.93. The summed E-state index contributed by atoms with van der Waals surface area (Å²) in [6.45, 7) is 2.30. The molecule has 1 saturated carbocycles. The van der Waals surface area contributed by atoms with E-state index < -0.39 is 11.4 Å². The van der Waals surface area contributed by atoms with Crippen LogP contribution in [-0.4, -0.2) is 23.7 Å². The quantitative estimate of drug-likeness (QED) is 0.747. The van der Waals surface area contributed by atoms with Gasteiger partial charge in [-0.15, -0.1) is 0 Å². The molecule has 0 heterocycles. The molecule has 3 N–H and O–H groups in total. The van der Waals surface area contributed by atoms with Crippen molar-refractivity contribution in [2.75, 3.05) is 11.9 Å². The number of aryl methyl sites for hydroxylation is 1. The minimum Gasteiger partial charge on any atom is -0.481 e. The van der Waals surface area contributed by atoms with E-state index in [0.29, 0.717) is 18.5 Å². The van der Waals surface area contributed by atoms with E-state index in [1.807, 2.05) is 24.3 Å². The van der Waals surface area contributed by atoms with E-state index in [4.69, 9.17) is 5.11 Å². The van der Waals surface area contributed by atoms with Crippen LogP contribution >= 0.6 is 0 Å². The number of benzene rings is 1. The normalized spacial score (nSPS) is 15.4. The molecular weight excluding hydrogens is 256 g/mol. The Kier molecular flexibility index (Phi) is 4.27. The average molecular weight is 276 g/mol. The largest absolute Gasteiger partial charge is 0.481 e. The van der Waals surface area contributed by atoms with Crippen LogP contribution in [0.2, 0.25) is 0 Å². The average Bonchev–Trinajstić information content (AvgIpc) is 3.20. The predicted octanol–water partition coefficient (Wildman–Crippen LogP) is 2.63. The van der Waals surface area contributed by atoms with E-state index in [2.05, 4.69) is 17.6 Å². The molecule has 5 nitrogen and oxygen atoms in total. The van der Waals surface area contributed by atoms with Crippen molar-refractivity contribution in [2.24, 2.45) is 5.41 Å². The van der Waals surface area contributed by atoms with Crippen LogP contribution in [0.4, 0.5) is 10.5 Å². The van der Waals surface area contributed by atoms with Crippen molar-refractivity contribution >= 4 is 17.7 Å². The van der Waals surface area contributed by atoms with Gasteiger partial charge in [-0.1, -0.05) is 25.5 Å². The highest BCUT2D eigenvalue weighted by molar-refractivity contribution is 5.90. The summed E-state index contributed by atoms with van der Waals surface area (Å²) < 4.78 is 0. The van der Waals surface area contributed by atoms with Gasteiger partial charge in [0.05, 0.1) is 5.41 Å². The third-order valence-electron chi connectivity index (χ3n) is 3.65. The summed E-state index contributed by atoms with van der Waals surface area (Å²) in [6.07, 6.45) is 3.38. The lowest BCUT2D eigenvalue weighted by Crippen LogP contribution is -2.36. The molecule has 1 aromatic rings. The van der Waals surface area contributed by atoms with Crippen LogP contribution < -0.4 is 10.6 Å². The second-order valence-corrected chi connectivity index (χ2v) is 5.34. The standard InChI is InChI=1S/C15H20N2O3/c1-2-3-11-4-6-12(7-5-11)17-14(20)16-10-15(8-9-15)13(18)19/h4-7H,2-3,8-10H2,1H3,(H,18,19)(H2,16,17,20). The number of aliphatic carboxylic acids is 1. The summed E-state index contributed by atoms with van der Waals surface area (Å²) in [7, 11) is 0. The van der Waals surface area contributed by atoms with Gasteiger partial charge < -0.3 is 15.7 Å². The van der Waals surface area contributed by atoms with Gasteiger partial charge in [-0.2, -0.15) is 0 Å². The first-order chi connectivity index (χ1) is 9.55. The lowest BCUT2D eigenvalue weighted by molar-refractivity contribution is -0.143. The van der Waals surface area contributed by atoms with E-state index >= 15 is 0 Å². The second-order valence-electron chi connectivity index (χ2n) is 5.34. The smallest absolute Gasteiger partial charge is 0.319 e. The molecule has 0 aromatic heterocycles. The minimum atomic E-state index is -0.832.